The van der Waals surface area contributed by atoms with Crippen molar-refractivity contribution in [3.05, 3.63) is 48.3 Å². The van der Waals surface area contributed by atoms with Crippen LogP contribution in [0, 0.1) is 0 Å². The SMILES string of the molecule is CN(Cc1ccccc1-n1cccn1)C(=O)C[C@H]1C(=O)N(C)C(=O)N1C. The Morgan fingerprint density at radius 1 is 1.19 bits per heavy atom. The molecule has 1 fully saturated rings. The highest BCUT2D eigenvalue weighted by atomic mass is 16.2. The minimum absolute atomic E-state index is 0.0359. The van der Waals surface area contributed by atoms with E-state index in [-0.39, 0.29) is 24.3 Å². The number of likely N-dealkylation sites (N-methyl/N-ethyl adjacent to an activating group) is 2. The maximum Gasteiger partial charge on any atom is 0.326 e. The lowest BCUT2D eigenvalue weighted by Crippen LogP contribution is -2.38. The van der Waals surface area contributed by atoms with Crippen molar-refractivity contribution in [2.45, 2.75) is 19.0 Å². The summed E-state index contributed by atoms with van der Waals surface area (Å²) in [4.78, 5) is 40.5. The number of carbonyl (C=O) groups excluding carboxylic acids is 3. The topological polar surface area (TPSA) is 78.8 Å². The molecule has 8 nitrogen and oxygen atoms in total. The van der Waals surface area contributed by atoms with Gasteiger partial charge >= 0.3 is 6.03 Å². The van der Waals surface area contributed by atoms with Gasteiger partial charge in [0.05, 0.1) is 12.1 Å². The molecule has 1 atom stereocenters. The fraction of sp³-hybridized carbons (Fsp3) is 0.333. The molecule has 1 aromatic carbocycles. The summed E-state index contributed by atoms with van der Waals surface area (Å²) in [7, 11) is 4.65. The van der Waals surface area contributed by atoms with E-state index in [1.807, 2.05) is 36.5 Å². The maximum atomic E-state index is 12.6. The lowest BCUT2D eigenvalue weighted by Gasteiger charge is -2.22. The summed E-state index contributed by atoms with van der Waals surface area (Å²) in [6.07, 6.45) is 3.50. The van der Waals surface area contributed by atoms with E-state index in [1.54, 1.807) is 22.8 Å². The highest BCUT2D eigenvalue weighted by Crippen LogP contribution is 2.19. The molecule has 0 unspecified atom stereocenters. The van der Waals surface area contributed by atoms with Gasteiger partial charge in [-0.2, -0.15) is 5.10 Å². The summed E-state index contributed by atoms with van der Waals surface area (Å²) in [5.41, 5.74) is 1.83. The van der Waals surface area contributed by atoms with Crippen molar-refractivity contribution in [2.24, 2.45) is 0 Å². The van der Waals surface area contributed by atoms with Gasteiger partial charge < -0.3 is 9.80 Å². The smallest absolute Gasteiger partial charge is 0.326 e. The number of amides is 4. The second kappa shape index (κ2) is 6.99. The zero-order valence-electron chi connectivity index (χ0n) is 15.0. The fourth-order valence-electron chi connectivity index (χ4n) is 3.02. The molecule has 8 heteroatoms. The quantitative estimate of drug-likeness (QED) is 0.753. The lowest BCUT2D eigenvalue weighted by molar-refractivity contribution is -0.135. The molecule has 26 heavy (non-hydrogen) atoms. The molecule has 0 spiro atoms. The van der Waals surface area contributed by atoms with E-state index in [1.165, 1.54) is 19.0 Å². The van der Waals surface area contributed by atoms with Crippen LogP contribution in [0.25, 0.3) is 5.69 Å². The Kier molecular flexibility index (Phi) is 4.75. The third kappa shape index (κ3) is 3.17. The van der Waals surface area contributed by atoms with Crippen LogP contribution in [0.3, 0.4) is 0 Å². The number of imide groups is 1. The average molecular weight is 355 g/mol. The van der Waals surface area contributed by atoms with Crippen LogP contribution in [-0.2, 0) is 16.1 Å². The van der Waals surface area contributed by atoms with Crippen molar-refractivity contribution in [2.75, 3.05) is 21.1 Å². The molecule has 136 valence electrons. The fourth-order valence-corrected chi connectivity index (χ4v) is 3.02. The Bertz CT molecular complexity index is 833. The Morgan fingerprint density at radius 2 is 1.92 bits per heavy atom. The molecular formula is C18H21N5O3. The van der Waals surface area contributed by atoms with Crippen LogP contribution in [0.4, 0.5) is 4.79 Å². The Hall–Kier alpha value is -3.16. The molecule has 3 rings (SSSR count). The number of hydrogen-bond donors (Lipinski definition) is 0. The Balaban J connectivity index is 1.71. The summed E-state index contributed by atoms with van der Waals surface area (Å²) in [6.45, 7) is 0.378. The third-order valence-electron chi connectivity index (χ3n) is 4.62. The van der Waals surface area contributed by atoms with Crippen molar-refractivity contribution < 1.29 is 14.4 Å². The van der Waals surface area contributed by atoms with Gasteiger partial charge in [0.15, 0.2) is 0 Å². The number of carbonyl (C=O) groups is 3. The normalized spacial score (nSPS) is 17.1. The number of aromatic nitrogens is 2. The number of urea groups is 1. The molecule has 1 aromatic heterocycles. The second-order valence-electron chi connectivity index (χ2n) is 6.34. The average Bonchev–Trinajstić information content (AvgIpc) is 3.23. The van der Waals surface area contributed by atoms with Gasteiger partial charge in [-0.1, -0.05) is 18.2 Å². The van der Waals surface area contributed by atoms with Gasteiger partial charge in [0, 0.05) is 40.1 Å². The minimum Gasteiger partial charge on any atom is -0.341 e. The van der Waals surface area contributed by atoms with Crippen LogP contribution in [0.5, 0.6) is 0 Å². The summed E-state index contributed by atoms with van der Waals surface area (Å²) >= 11 is 0. The van der Waals surface area contributed by atoms with Crippen LogP contribution >= 0.6 is 0 Å². The highest BCUT2D eigenvalue weighted by Gasteiger charge is 2.42. The number of benzene rings is 1. The summed E-state index contributed by atoms with van der Waals surface area (Å²) in [5.74, 6) is -0.551. The summed E-state index contributed by atoms with van der Waals surface area (Å²) < 4.78 is 1.75. The first-order valence-corrected chi connectivity index (χ1v) is 8.26. The van der Waals surface area contributed by atoms with Crippen LogP contribution < -0.4 is 0 Å². The molecule has 2 heterocycles. The molecule has 2 aromatic rings. The van der Waals surface area contributed by atoms with Gasteiger partial charge in [-0.3, -0.25) is 14.5 Å². The van der Waals surface area contributed by atoms with Crippen molar-refractivity contribution in [3.63, 3.8) is 0 Å². The molecule has 0 aliphatic carbocycles. The third-order valence-corrected chi connectivity index (χ3v) is 4.62. The van der Waals surface area contributed by atoms with E-state index < -0.39 is 6.04 Å². The van der Waals surface area contributed by atoms with E-state index >= 15 is 0 Å². The van der Waals surface area contributed by atoms with E-state index in [2.05, 4.69) is 5.10 Å². The number of nitrogens with zero attached hydrogens (tertiary/aromatic N) is 5. The van der Waals surface area contributed by atoms with Crippen LogP contribution in [0.15, 0.2) is 42.7 Å². The molecule has 4 amide bonds. The molecule has 0 N–H and O–H groups in total. The van der Waals surface area contributed by atoms with E-state index in [0.717, 1.165) is 16.2 Å². The van der Waals surface area contributed by atoms with Crippen LogP contribution in [0.1, 0.15) is 12.0 Å². The standard InChI is InChI=1S/C18H21N5O3/c1-20(16(24)11-15-17(25)22(3)18(26)21(15)2)12-13-7-4-5-8-14(13)23-10-6-9-19-23/h4-10,15H,11-12H2,1-3H3/t15-/m0/s1. The number of rotatable bonds is 5. The largest absolute Gasteiger partial charge is 0.341 e. The predicted molar refractivity (Wildman–Crippen MR) is 94.4 cm³/mol. The van der Waals surface area contributed by atoms with Crippen molar-refractivity contribution in [1.29, 1.82) is 0 Å². The van der Waals surface area contributed by atoms with Gasteiger partial charge in [0.25, 0.3) is 5.91 Å². The lowest BCUT2D eigenvalue weighted by atomic mass is 10.1. The predicted octanol–water partition coefficient (Wildman–Crippen LogP) is 1.11. The van der Waals surface area contributed by atoms with Crippen molar-refractivity contribution >= 4 is 17.8 Å². The monoisotopic (exact) mass is 355 g/mol. The highest BCUT2D eigenvalue weighted by molar-refractivity contribution is 6.05. The summed E-state index contributed by atoms with van der Waals surface area (Å²) in [5, 5.41) is 4.24. The molecule has 0 radical (unpaired) electrons. The Labute approximate surface area is 151 Å². The van der Waals surface area contributed by atoms with Gasteiger partial charge in [-0.15, -0.1) is 0 Å². The molecule has 1 aliphatic heterocycles. The molecule has 0 bridgehead atoms. The van der Waals surface area contributed by atoms with E-state index in [4.69, 9.17) is 0 Å². The van der Waals surface area contributed by atoms with Crippen LogP contribution in [0.2, 0.25) is 0 Å². The number of para-hydroxylation sites is 1. The van der Waals surface area contributed by atoms with Crippen molar-refractivity contribution in [1.82, 2.24) is 24.5 Å². The maximum absolute atomic E-state index is 12.6. The van der Waals surface area contributed by atoms with Crippen molar-refractivity contribution in [3.8, 4) is 5.69 Å². The molecule has 1 aliphatic rings. The Morgan fingerprint density at radius 3 is 2.54 bits per heavy atom. The summed E-state index contributed by atoms with van der Waals surface area (Å²) in [6, 6.07) is 8.38. The van der Waals surface area contributed by atoms with Gasteiger partial charge in [0.2, 0.25) is 5.91 Å². The van der Waals surface area contributed by atoms with Gasteiger partial charge in [-0.05, 0) is 17.7 Å². The van der Waals surface area contributed by atoms with Crippen LogP contribution in [-0.4, -0.2) is 69.5 Å². The van der Waals surface area contributed by atoms with Gasteiger partial charge in [-0.25, -0.2) is 9.48 Å². The van der Waals surface area contributed by atoms with Gasteiger partial charge in [0.1, 0.15) is 6.04 Å². The number of hydrogen-bond acceptors (Lipinski definition) is 4. The molecular weight excluding hydrogens is 334 g/mol. The van der Waals surface area contributed by atoms with E-state index in [0.29, 0.717) is 6.54 Å². The molecule has 0 saturated carbocycles. The first-order valence-electron chi connectivity index (χ1n) is 8.26. The first-order chi connectivity index (χ1) is 12.4. The van der Waals surface area contributed by atoms with E-state index in [9.17, 15) is 14.4 Å². The zero-order chi connectivity index (χ0) is 18.8. The zero-order valence-corrected chi connectivity index (χ0v) is 15.0. The molecule has 1 saturated heterocycles. The minimum atomic E-state index is -0.746. The second-order valence-corrected chi connectivity index (χ2v) is 6.34. The first kappa shape index (κ1) is 17.7.